The number of nitrogens with one attached hydrogen (secondary N) is 1. The number of halogens is 1. The molecule has 4 nitrogen and oxygen atoms in total. The minimum atomic E-state index is -0.267. The summed E-state index contributed by atoms with van der Waals surface area (Å²) in [5.74, 6) is 0.870. The Morgan fingerprint density at radius 2 is 2.10 bits per heavy atom. The van der Waals surface area contributed by atoms with Crippen molar-refractivity contribution in [3.05, 3.63) is 40.8 Å². The van der Waals surface area contributed by atoms with Crippen molar-refractivity contribution in [2.24, 2.45) is 7.05 Å². The predicted octanol–water partition coefficient (Wildman–Crippen LogP) is 3.47. The molecule has 114 valence electrons. The number of rotatable bonds is 6. The van der Waals surface area contributed by atoms with Crippen LogP contribution in [0.4, 0.5) is 4.39 Å². The summed E-state index contributed by atoms with van der Waals surface area (Å²) in [6.45, 7) is 7.43. The van der Waals surface area contributed by atoms with E-state index in [1.807, 2.05) is 14.0 Å². The zero-order valence-corrected chi connectivity index (χ0v) is 13.0. The Bertz CT molecular complexity index is 622. The lowest BCUT2D eigenvalue weighted by Gasteiger charge is -2.10. The molecule has 0 unspecified atom stereocenters. The van der Waals surface area contributed by atoms with Gasteiger partial charge in [-0.1, -0.05) is 13.0 Å². The van der Waals surface area contributed by atoms with Crippen molar-refractivity contribution in [1.82, 2.24) is 15.1 Å². The quantitative estimate of drug-likeness (QED) is 0.828. The van der Waals surface area contributed by atoms with E-state index in [-0.39, 0.29) is 5.82 Å². The molecule has 0 bridgehead atoms. The average Bonchev–Trinajstić information content (AvgIpc) is 2.70. The molecule has 2 aromatic rings. The summed E-state index contributed by atoms with van der Waals surface area (Å²) in [6.07, 6.45) is 1.07. The van der Waals surface area contributed by atoms with Gasteiger partial charge in [-0.25, -0.2) is 9.07 Å². The highest BCUT2D eigenvalue weighted by molar-refractivity contribution is 5.37. The van der Waals surface area contributed by atoms with E-state index in [0.29, 0.717) is 23.7 Å². The van der Waals surface area contributed by atoms with Crippen LogP contribution >= 0.6 is 0 Å². The fourth-order valence-electron chi connectivity index (χ4n) is 2.15. The van der Waals surface area contributed by atoms with Gasteiger partial charge in [0.15, 0.2) is 0 Å². The molecule has 2 rings (SSSR count). The number of benzene rings is 1. The summed E-state index contributed by atoms with van der Waals surface area (Å²) in [7, 11) is 1.83. The molecule has 0 fully saturated rings. The van der Waals surface area contributed by atoms with Crippen LogP contribution in [-0.2, 0) is 13.6 Å². The number of nitrogens with zero attached hydrogens (tertiary/aromatic N) is 2. The largest absolute Gasteiger partial charge is 0.439 e. The van der Waals surface area contributed by atoms with Crippen LogP contribution < -0.4 is 10.1 Å². The van der Waals surface area contributed by atoms with Gasteiger partial charge in [0.1, 0.15) is 11.6 Å². The summed E-state index contributed by atoms with van der Waals surface area (Å²) >= 11 is 0. The number of ether oxygens (including phenoxy) is 1. The molecule has 0 amide bonds. The van der Waals surface area contributed by atoms with Gasteiger partial charge in [-0.2, -0.15) is 5.10 Å². The van der Waals surface area contributed by atoms with Crippen molar-refractivity contribution in [2.75, 3.05) is 6.54 Å². The maximum Gasteiger partial charge on any atom is 0.222 e. The Hall–Kier alpha value is -1.88. The van der Waals surface area contributed by atoms with E-state index < -0.39 is 0 Å². The van der Waals surface area contributed by atoms with Gasteiger partial charge in [0.05, 0.1) is 11.3 Å². The van der Waals surface area contributed by atoms with E-state index in [2.05, 4.69) is 17.3 Å². The van der Waals surface area contributed by atoms with Crippen LogP contribution in [0.15, 0.2) is 18.2 Å². The Morgan fingerprint density at radius 1 is 1.33 bits per heavy atom. The second-order valence-electron chi connectivity index (χ2n) is 5.18. The van der Waals surface area contributed by atoms with Crippen LogP contribution in [0.3, 0.4) is 0 Å². The zero-order valence-electron chi connectivity index (χ0n) is 13.0. The van der Waals surface area contributed by atoms with Crippen LogP contribution in [0.1, 0.15) is 30.2 Å². The lowest BCUT2D eigenvalue weighted by molar-refractivity contribution is 0.420. The van der Waals surface area contributed by atoms with Gasteiger partial charge in [0.2, 0.25) is 5.88 Å². The van der Waals surface area contributed by atoms with E-state index in [1.54, 1.807) is 23.7 Å². The molecule has 0 atom stereocenters. The number of aryl methyl sites for hydroxylation is 3. The van der Waals surface area contributed by atoms with Crippen molar-refractivity contribution in [3.63, 3.8) is 0 Å². The van der Waals surface area contributed by atoms with E-state index in [0.717, 1.165) is 24.2 Å². The van der Waals surface area contributed by atoms with Gasteiger partial charge in [0, 0.05) is 19.7 Å². The standard InChI is InChI=1S/C16H22FN3O/c1-5-8-18-10-14-12(3)19-20(4)16(14)21-13-7-6-11(2)15(17)9-13/h6-7,9,18H,5,8,10H2,1-4H3. The molecular formula is C16H22FN3O. The van der Waals surface area contributed by atoms with Gasteiger partial charge in [0.25, 0.3) is 0 Å². The van der Waals surface area contributed by atoms with Crippen LogP contribution in [-0.4, -0.2) is 16.3 Å². The lowest BCUT2D eigenvalue weighted by Crippen LogP contribution is -2.14. The molecule has 0 aliphatic carbocycles. The summed E-state index contributed by atoms with van der Waals surface area (Å²) < 4.78 is 21.2. The molecule has 0 spiro atoms. The molecule has 1 N–H and O–H groups in total. The normalized spacial score (nSPS) is 10.9. The van der Waals surface area contributed by atoms with E-state index >= 15 is 0 Å². The molecule has 21 heavy (non-hydrogen) atoms. The van der Waals surface area contributed by atoms with Gasteiger partial charge >= 0.3 is 0 Å². The molecule has 0 aliphatic rings. The number of hydrogen-bond donors (Lipinski definition) is 1. The highest BCUT2D eigenvalue weighted by atomic mass is 19.1. The molecule has 0 aliphatic heterocycles. The van der Waals surface area contributed by atoms with Gasteiger partial charge in [-0.05, 0) is 38.4 Å². The Labute approximate surface area is 124 Å². The SMILES string of the molecule is CCCNCc1c(C)nn(C)c1Oc1ccc(C)c(F)c1. The van der Waals surface area contributed by atoms with Crippen LogP contribution in [0.5, 0.6) is 11.6 Å². The predicted molar refractivity (Wildman–Crippen MR) is 81.2 cm³/mol. The first-order valence-electron chi connectivity index (χ1n) is 7.20. The maximum absolute atomic E-state index is 13.6. The van der Waals surface area contributed by atoms with Gasteiger partial charge in [-0.3, -0.25) is 0 Å². The fourth-order valence-corrected chi connectivity index (χ4v) is 2.15. The zero-order chi connectivity index (χ0) is 15.4. The Morgan fingerprint density at radius 3 is 2.76 bits per heavy atom. The third kappa shape index (κ3) is 3.61. The first-order chi connectivity index (χ1) is 10.0. The highest BCUT2D eigenvalue weighted by Gasteiger charge is 2.15. The molecule has 0 radical (unpaired) electrons. The van der Waals surface area contributed by atoms with Crippen molar-refractivity contribution in [1.29, 1.82) is 0 Å². The first kappa shape index (κ1) is 15.5. The van der Waals surface area contributed by atoms with E-state index in [1.165, 1.54) is 6.07 Å². The maximum atomic E-state index is 13.6. The summed E-state index contributed by atoms with van der Waals surface area (Å²) in [5, 5.41) is 7.73. The van der Waals surface area contributed by atoms with Gasteiger partial charge in [-0.15, -0.1) is 0 Å². The Kier molecular flexibility index (Phi) is 4.96. The molecule has 0 saturated heterocycles. The second kappa shape index (κ2) is 6.72. The van der Waals surface area contributed by atoms with Crippen molar-refractivity contribution in [2.45, 2.75) is 33.7 Å². The first-order valence-corrected chi connectivity index (χ1v) is 7.20. The molecule has 1 aromatic carbocycles. The van der Waals surface area contributed by atoms with E-state index in [9.17, 15) is 4.39 Å². The topological polar surface area (TPSA) is 39.1 Å². The van der Waals surface area contributed by atoms with Gasteiger partial charge < -0.3 is 10.1 Å². The van der Waals surface area contributed by atoms with Crippen LogP contribution in [0.2, 0.25) is 0 Å². The highest BCUT2D eigenvalue weighted by Crippen LogP contribution is 2.28. The third-order valence-electron chi connectivity index (χ3n) is 3.38. The summed E-state index contributed by atoms with van der Waals surface area (Å²) in [4.78, 5) is 0. The minimum absolute atomic E-state index is 0.267. The molecule has 0 saturated carbocycles. The number of hydrogen-bond acceptors (Lipinski definition) is 3. The summed E-state index contributed by atoms with van der Waals surface area (Å²) in [6, 6.07) is 4.88. The average molecular weight is 291 g/mol. The Balaban J connectivity index is 2.23. The van der Waals surface area contributed by atoms with Crippen LogP contribution in [0, 0.1) is 19.7 Å². The molecule has 1 heterocycles. The fraction of sp³-hybridized carbons (Fsp3) is 0.438. The molecule has 5 heteroatoms. The lowest BCUT2D eigenvalue weighted by atomic mass is 10.2. The second-order valence-corrected chi connectivity index (χ2v) is 5.18. The third-order valence-corrected chi connectivity index (χ3v) is 3.38. The van der Waals surface area contributed by atoms with Crippen molar-refractivity contribution < 1.29 is 9.13 Å². The summed E-state index contributed by atoms with van der Waals surface area (Å²) in [5.41, 5.74) is 2.53. The van der Waals surface area contributed by atoms with Crippen molar-refractivity contribution in [3.8, 4) is 11.6 Å². The number of aromatic nitrogens is 2. The monoisotopic (exact) mass is 291 g/mol. The van der Waals surface area contributed by atoms with Crippen molar-refractivity contribution >= 4 is 0 Å². The van der Waals surface area contributed by atoms with E-state index in [4.69, 9.17) is 4.74 Å². The minimum Gasteiger partial charge on any atom is -0.439 e. The van der Waals surface area contributed by atoms with Crippen LogP contribution in [0.25, 0.3) is 0 Å². The molecular weight excluding hydrogens is 269 g/mol. The molecule has 1 aromatic heterocycles. The smallest absolute Gasteiger partial charge is 0.222 e.